The Hall–Kier alpha value is -2.73. The Bertz CT molecular complexity index is 1350. The Labute approximate surface area is 249 Å². The predicted octanol–water partition coefficient (Wildman–Crippen LogP) is 6.60. The molecule has 1 aliphatic carbocycles. The van der Waals surface area contributed by atoms with Crippen LogP contribution in [0.15, 0.2) is 36.4 Å². The molecule has 0 radical (unpaired) electrons. The van der Waals surface area contributed by atoms with Crippen molar-refractivity contribution in [2.45, 2.75) is 76.3 Å². The SMILES string of the molecule is CC(C)(C)C[C@@H]1N[C@@H](C(=O)NCC2CCC(C(=O)O)CC2)C(c2cccc(Cl)c2F)[C@@]1(C#N)c1ccc(Cl)cc1F. The number of halogens is 4. The number of carboxylic acid groups (broad SMARTS) is 1. The highest BCUT2D eigenvalue weighted by atomic mass is 35.5. The maximum atomic E-state index is 15.7. The van der Waals surface area contributed by atoms with Crippen molar-refractivity contribution in [1.82, 2.24) is 10.6 Å². The first-order chi connectivity index (χ1) is 19.3. The van der Waals surface area contributed by atoms with E-state index in [0.717, 1.165) is 6.07 Å². The molecule has 220 valence electrons. The molecule has 1 amide bonds. The van der Waals surface area contributed by atoms with Gasteiger partial charge >= 0.3 is 5.97 Å². The number of hydrogen-bond acceptors (Lipinski definition) is 4. The lowest BCUT2D eigenvalue weighted by molar-refractivity contribution is -0.143. The van der Waals surface area contributed by atoms with Crippen molar-refractivity contribution in [3.63, 3.8) is 0 Å². The van der Waals surface area contributed by atoms with E-state index in [1.807, 2.05) is 20.8 Å². The highest BCUT2D eigenvalue weighted by molar-refractivity contribution is 6.31. The molecule has 2 fully saturated rings. The third-order valence-corrected chi connectivity index (χ3v) is 9.02. The van der Waals surface area contributed by atoms with Crippen LogP contribution in [-0.4, -0.2) is 35.6 Å². The quantitative estimate of drug-likeness (QED) is 0.330. The maximum Gasteiger partial charge on any atom is 0.306 e. The third kappa shape index (κ3) is 6.38. The van der Waals surface area contributed by atoms with Gasteiger partial charge in [0.05, 0.1) is 23.1 Å². The lowest BCUT2D eigenvalue weighted by atomic mass is 9.62. The molecule has 3 N–H and O–H groups in total. The minimum atomic E-state index is -1.69. The first-order valence-electron chi connectivity index (χ1n) is 13.9. The van der Waals surface area contributed by atoms with Crippen molar-refractivity contribution in [3.8, 4) is 6.07 Å². The summed E-state index contributed by atoms with van der Waals surface area (Å²) in [5.41, 5.74) is -1.96. The average molecular weight is 607 g/mol. The van der Waals surface area contributed by atoms with Crippen LogP contribution < -0.4 is 10.6 Å². The second-order valence-electron chi connectivity index (χ2n) is 12.5. The predicted molar refractivity (Wildman–Crippen MR) is 154 cm³/mol. The topological polar surface area (TPSA) is 102 Å². The van der Waals surface area contributed by atoms with Gasteiger partial charge in [-0.1, -0.05) is 62.2 Å². The Morgan fingerprint density at radius 1 is 1.15 bits per heavy atom. The van der Waals surface area contributed by atoms with Gasteiger partial charge in [0.15, 0.2) is 0 Å². The second kappa shape index (κ2) is 12.2. The molecule has 0 aromatic heterocycles. The van der Waals surface area contributed by atoms with Gasteiger partial charge in [-0.05, 0) is 67.2 Å². The molecule has 2 aromatic rings. The highest BCUT2D eigenvalue weighted by Crippen LogP contribution is 2.52. The van der Waals surface area contributed by atoms with Gasteiger partial charge in [-0.25, -0.2) is 8.78 Å². The average Bonchev–Trinajstić information content (AvgIpc) is 3.22. The van der Waals surface area contributed by atoms with Gasteiger partial charge in [-0.15, -0.1) is 0 Å². The molecule has 10 heteroatoms. The number of nitriles is 1. The third-order valence-electron chi connectivity index (χ3n) is 8.49. The smallest absolute Gasteiger partial charge is 0.306 e. The van der Waals surface area contributed by atoms with Crippen LogP contribution >= 0.6 is 23.2 Å². The van der Waals surface area contributed by atoms with Crippen LogP contribution in [0.2, 0.25) is 10.0 Å². The zero-order valence-electron chi connectivity index (χ0n) is 23.3. The Balaban J connectivity index is 1.78. The summed E-state index contributed by atoms with van der Waals surface area (Å²) < 4.78 is 31.4. The first kappa shape index (κ1) is 31.2. The Morgan fingerprint density at radius 2 is 1.83 bits per heavy atom. The van der Waals surface area contributed by atoms with Crippen LogP contribution in [0.25, 0.3) is 0 Å². The largest absolute Gasteiger partial charge is 0.481 e. The Kier molecular flexibility index (Phi) is 9.32. The number of carbonyl (C=O) groups excluding carboxylic acids is 1. The van der Waals surface area contributed by atoms with E-state index in [0.29, 0.717) is 38.6 Å². The number of aliphatic carboxylic acids is 1. The number of hydrogen-bond donors (Lipinski definition) is 3. The highest BCUT2D eigenvalue weighted by Gasteiger charge is 2.61. The van der Waals surface area contributed by atoms with E-state index in [4.69, 9.17) is 23.2 Å². The molecule has 4 rings (SSSR count). The van der Waals surface area contributed by atoms with E-state index in [1.54, 1.807) is 6.07 Å². The number of benzene rings is 2. The van der Waals surface area contributed by atoms with Gasteiger partial charge in [0.2, 0.25) is 5.91 Å². The number of nitrogens with one attached hydrogen (secondary N) is 2. The van der Waals surface area contributed by atoms with Gasteiger partial charge in [0.1, 0.15) is 17.0 Å². The fourth-order valence-electron chi connectivity index (χ4n) is 6.53. The summed E-state index contributed by atoms with van der Waals surface area (Å²) in [5, 5.41) is 26.5. The van der Waals surface area contributed by atoms with Crippen LogP contribution in [0.4, 0.5) is 8.78 Å². The molecule has 41 heavy (non-hydrogen) atoms. The fraction of sp³-hybridized carbons (Fsp3) is 0.516. The van der Waals surface area contributed by atoms with Crippen LogP contribution in [0.3, 0.4) is 0 Å². The summed E-state index contributed by atoms with van der Waals surface area (Å²) in [6, 6.07) is 8.99. The standard InChI is InChI=1S/C31H35Cl2F2N3O3/c1-30(2,3)14-24-31(16-36,21-12-11-19(32)13-23(21)34)25(20-5-4-6-22(33)26(20)35)27(38-24)28(39)37-15-17-7-9-18(10-8-17)29(40)41/h4-6,11-13,17-18,24-25,27,38H,7-10,14-15H2,1-3H3,(H,37,39)(H,40,41)/t17?,18?,24-,25?,27+,31-/m0/s1. The summed E-state index contributed by atoms with van der Waals surface area (Å²) in [5.74, 6) is -4.15. The molecular formula is C31H35Cl2F2N3O3. The minimum Gasteiger partial charge on any atom is -0.481 e. The first-order valence-corrected chi connectivity index (χ1v) is 14.6. The van der Waals surface area contributed by atoms with E-state index < -0.39 is 46.9 Å². The molecule has 4 atom stereocenters. The van der Waals surface area contributed by atoms with E-state index in [1.165, 1.54) is 24.3 Å². The number of amides is 1. The van der Waals surface area contributed by atoms with Crippen LogP contribution in [0.5, 0.6) is 0 Å². The molecule has 1 saturated carbocycles. The van der Waals surface area contributed by atoms with Crippen molar-refractivity contribution >= 4 is 35.1 Å². The molecule has 1 saturated heterocycles. The number of carbonyl (C=O) groups is 2. The fourth-order valence-corrected chi connectivity index (χ4v) is 6.87. The van der Waals surface area contributed by atoms with Gasteiger partial charge in [0, 0.05) is 29.1 Å². The van der Waals surface area contributed by atoms with Gasteiger partial charge in [-0.3, -0.25) is 9.59 Å². The van der Waals surface area contributed by atoms with E-state index >= 15 is 8.78 Å². The molecule has 2 aromatic carbocycles. The van der Waals surface area contributed by atoms with E-state index in [9.17, 15) is 20.0 Å². The summed E-state index contributed by atoms with van der Waals surface area (Å²) in [6.45, 7) is 6.24. The van der Waals surface area contributed by atoms with E-state index in [-0.39, 0.29) is 38.4 Å². The lowest BCUT2D eigenvalue weighted by Gasteiger charge is -2.37. The van der Waals surface area contributed by atoms with Gasteiger partial charge in [0.25, 0.3) is 0 Å². The molecule has 1 heterocycles. The molecule has 1 unspecified atom stereocenters. The van der Waals surface area contributed by atoms with Crippen molar-refractivity contribution in [3.05, 3.63) is 69.2 Å². The molecule has 1 aliphatic heterocycles. The van der Waals surface area contributed by atoms with Gasteiger partial charge < -0.3 is 15.7 Å². The van der Waals surface area contributed by atoms with Gasteiger partial charge in [-0.2, -0.15) is 5.26 Å². The maximum absolute atomic E-state index is 15.7. The van der Waals surface area contributed by atoms with Crippen molar-refractivity contribution in [2.75, 3.05) is 6.54 Å². The number of rotatable bonds is 7. The second-order valence-corrected chi connectivity index (χ2v) is 13.3. The van der Waals surface area contributed by atoms with Crippen molar-refractivity contribution < 1.29 is 23.5 Å². The lowest BCUT2D eigenvalue weighted by Crippen LogP contribution is -2.47. The van der Waals surface area contributed by atoms with Crippen molar-refractivity contribution in [1.29, 1.82) is 5.26 Å². The van der Waals surface area contributed by atoms with Crippen molar-refractivity contribution in [2.24, 2.45) is 17.3 Å². The summed E-state index contributed by atoms with van der Waals surface area (Å²) in [4.78, 5) is 25.2. The monoisotopic (exact) mass is 605 g/mol. The van der Waals surface area contributed by atoms with Crippen LogP contribution in [-0.2, 0) is 15.0 Å². The number of carboxylic acids is 1. The summed E-state index contributed by atoms with van der Waals surface area (Å²) >= 11 is 12.2. The summed E-state index contributed by atoms with van der Waals surface area (Å²) in [7, 11) is 0. The minimum absolute atomic E-state index is 0.0258. The molecule has 6 nitrogen and oxygen atoms in total. The molecule has 2 aliphatic rings. The Morgan fingerprint density at radius 3 is 2.41 bits per heavy atom. The zero-order chi connectivity index (χ0) is 30.1. The van der Waals surface area contributed by atoms with Crippen LogP contribution in [0, 0.1) is 40.2 Å². The molecule has 0 bridgehead atoms. The van der Waals surface area contributed by atoms with E-state index in [2.05, 4.69) is 16.7 Å². The molecular weight excluding hydrogens is 571 g/mol. The number of nitrogens with zero attached hydrogens (tertiary/aromatic N) is 1. The normalized spacial score (nSPS) is 28.2. The molecule has 0 spiro atoms. The zero-order valence-corrected chi connectivity index (χ0v) is 24.8. The summed E-state index contributed by atoms with van der Waals surface area (Å²) in [6.07, 6.45) is 2.77. The van der Waals surface area contributed by atoms with Crippen LogP contribution in [0.1, 0.15) is 69.9 Å².